The first-order valence-electron chi connectivity index (χ1n) is 9.30. The second-order valence-electron chi connectivity index (χ2n) is 7.59. The summed E-state index contributed by atoms with van der Waals surface area (Å²) in [6.07, 6.45) is 13.8. The third-order valence-corrected chi connectivity index (χ3v) is 6.31. The molecule has 2 saturated carbocycles. The van der Waals surface area contributed by atoms with Gasteiger partial charge in [0.1, 0.15) is 0 Å². The largest absolute Gasteiger partial charge is 0.339 e. The summed E-state index contributed by atoms with van der Waals surface area (Å²) >= 11 is 0. The number of nitrogens with two attached hydrogens (primary N) is 1. The van der Waals surface area contributed by atoms with Gasteiger partial charge in [-0.1, -0.05) is 19.3 Å². The van der Waals surface area contributed by atoms with E-state index in [2.05, 4.69) is 4.90 Å². The minimum atomic E-state index is 0.303. The van der Waals surface area contributed by atoms with Crippen LogP contribution in [0.2, 0.25) is 0 Å². The number of hydrogen-bond acceptors (Lipinski definition) is 2. The van der Waals surface area contributed by atoms with E-state index in [-0.39, 0.29) is 0 Å². The maximum absolute atomic E-state index is 12.9. The molecule has 0 aromatic heterocycles. The van der Waals surface area contributed by atoms with Crippen LogP contribution >= 0.6 is 0 Å². The fourth-order valence-electron chi connectivity index (χ4n) is 4.95. The number of rotatable bonds is 3. The van der Waals surface area contributed by atoms with Gasteiger partial charge in [-0.2, -0.15) is 0 Å². The predicted octanol–water partition coefficient (Wildman–Crippen LogP) is 3.32. The molecule has 2 aliphatic carbocycles. The molecule has 3 aliphatic rings. The van der Waals surface area contributed by atoms with Gasteiger partial charge in [-0.25, -0.2) is 0 Å². The van der Waals surface area contributed by atoms with Crippen molar-refractivity contribution in [3.05, 3.63) is 0 Å². The Morgan fingerprint density at radius 1 is 0.905 bits per heavy atom. The van der Waals surface area contributed by atoms with Crippen LogP contribution in [0.5, 0.6) is 0 Å². The molecule has 3 fully saturated rings. The molecule has 2 N–H and O–H groups in total. The number of likely N-dealkylation sites (tertiary alicyclic amines) is 1. The zero-order valence-corrected chi connectivity index (χ0v) is 13.4. The average Bonchev–Trinajstić information content (AvgIpc) is 3.04. The minimum absolute atomic E-state index is 0.303. The van der Waals surface area contributed by atoms with E-state index in [0.717, 1.165) is 44.7 Å². The molecule has 0 aromatic carbocycles. The van der Waals surface area contributed by atoms with Gasteiger partial charge in [0, 0.05) is 18.5 Å². The Labute approximate surface area is 129 Å². The molecule has 1 saturated heterocycles. The van der Waals surface area contributed by atoms with E-state index in [1.54, 1.807) is 0 Å². The molecule has 120 valence electrons. The van der Waals surface area contributed by atoms with Crippen molar-refractivity contribution in [3.8, 4) is 0 Å². The van der Waals surface area contributed by atoms with Crippen molar-refractivity contribution in [2.24, 2.45) is 23.5 Å². The van der Waals surface area contributed by atoms with Gasteiger partial charge in [-0.3, -0.25) is 4.79 Å². The lowest BCUT2D eigenvalue weighted by Gasteiger charge is -2.37. The molecule has 0 bridgehead atoms. The van der Waals surface area contributed by atoms with E-state index < -0.39 is 0 Å². The molecule has 1 unspecified atom stereocenters. The van der Waals surface area contributed by atoms with Gasteiger partial charge in [0.2, 0.25) is 5.91 Å². The molecule has 0 radical (unpaired) electrons. The summed E-state index contributed by atoms with van der Waals surface area (Å²) in [5.74, 6) is 2.25. The van der Waals surface area contributed by atoms with Crippen LogP contribution in [-0.4, -0.2) is 29.9 Å². The van der Waals surface area contributed by atoms with Crippen molar-refractivity contribution in [2.45, 2.75) is 76.7 Å². The van der Waals surface area contributed by atoms with Crippen LogP contribution in [0.25, 0.3) is 0 Å². The van der Waals surface area contributed by atoms with Crippen LogP contribution in [0.3, 0.4) is 0 Å². The third-order valence-electron chi connectivity index (χ3n) is 6.31. The summed E-state index contributed by atoms with van der Waals surface area (Å²) in [4.78, 5) is 15.2. The molecule has 1 heterocycles. The van der Waals surface area contributed by atoms with Crippen molar-refractivity contribution in [1.29, 1.82) is 0 Å². The Balaban J connectivity index is 1.58. The Morgan fingerprint density at radius 3 is 2.29 bits per heavy atom. The number of carbonyl (C=O) groups is 1. The van der Waals surface area contributed by atoms with Crippen LogP contribution < -0.4 is 5.73 Å². The number of carbonyl (C=O) groups excluding carboxylic acids is 1. The molecule has 1 amide bonds. The molecular formula is C18H32N2O. The van der Waals surface area contributed by atoms with Crippen molar-refractivity contribution < 1.29 is 4.79 Å². The van der Waals surface area contributed by atoms with Crippen molar-refractivity contribution in [1.82, 2.24) is 4.90 Å². The van der Waals surface area contributed by atoms with E-state index >= 15 is 0 Å². The van der Waals surface area contributed by atoms with Gasteiger partial charge in [0.25, 0.3) is 0 Å². The zero-order valence-electron chi connectivity index (χ0n) is 13.4. The first-order chi connectivity index (χ1) is 10.3. The molecule has 3 rings (SSSR count). The summed E-state index contributed by atoms with van der Waals surface area (Å²) in [5, 5.41) is 0. The lowest BCUT2D eigenvalue weighted by atomic mass is 9.80. The van der Waals surface area contributed by atoms with Crippen LogP contribution in [0.4, 0.5) is 0 Å². The van der Waals surface area contributed by atoms with E-state index in [1.807, 2.05) is 0 Å². The van der Waals surface area contributed by atoms with Crippen molar-refractivity contribution in [2.75, 3.05) is 13.1 Å². The summed E-state index contributed by atoms with van der Waals surface area (Å²) < 4.78 is 0. The van der Waals surface area contributed by atoms with Crippen molar-refractivity contribution in [3.63, 3.8) is 0 Å². The first-order valence-corrected chi connectivity index (χ1v) is 9.30. The zero-order chi connectivity index (χ0) is 14.7. The standard InChI is InChI=1S/C18H32N2O/c19-13-14-8-10-16(11-9-14)18(21)20-12-4-7-17(20)15-5-2-1-3-6-15/h14-17H,1-13,19H2. The second-order valence-corrected chi connectivity index (χ2v) is 7.59. The summed E-state index contributed by atoms with van der Waals surface area (Å²) in [6.45, 7) is 1.83. The fraction of sp³-hybridized carbons (Fsp3) is 0.944. The number of amides is 1. The maximum atomic E-state index is 12.9. The van der Waals surface area contributed by atoms with Gasteiger partial charge in [0.15, 0.2) is 0 Å². The topological polar surface area (TPSA) is 46.3 Å². The molecule has 3 nitrogen and oxygen atoms in total. The molecule has 0 aromatic rings. The summed E-state index contributed by atoms with van der Waals surface area (Å²) in [7, 11) is 0. The van der Waals surface area contributed by atoms with Gasteiger partial charge in [-0.15, -0.1) is 0 Å². The van der Waals surface area contributed by atoms with Gasteiger partial charge in [-0.05, 0) is 69.7 Å². The Hall–Kier alpha value is -0.570. The Kier molecular flexibility index (Phi) is 5.20. The van der Waals surface area contributed by atoms with Crippen LogP contribution in [-0.2, 0) is 4.79 Å². The predicted molar refractivity (Wildman–Crippen MR) is 85.8 cm³/mol. The second kappa shape index (κ2) is 7.13. The summed E-state index contributed by atoms with van der Waals surface area (Å²) in [6, 6.07) is 0.574. The molecule has 1 atom stereocenters. The highest BCUT2D eigenvalue weighted by Crippen LogP contribution is 2.37. The molecular weight excluding hydrogens is 260 g/mol. The Morgan fingerprint density at radius 2 is 1.62 bits per heavy atom. The minimum Gasteiger partial charge on any atom is -0.339 e. The normalized spacial score (nSPS) is 35.1. The highest BCUT2D eigenvalue weighted by atomic mass is 16.2. The number of hydrogen-bond donors (Lipinski definition) is 1. The quantitative estimate of drug-likeness (QED) is 0.867. The van der Waals surface area contributed by atoms with Gasteiger partial charge in [0.05, 0.1) is 0 Å². The third kappa shape index (κ3) is 3.44. The van der Waals surface area contributed by atoms with Crippen LogP contribution in [0.1, 0.15) is 70.6 Å². The fourth-order valence-corrected chi connectivity index (χ4v) is 4.95. The highest BCUT2D eigenvalue weighted by molar-refractivity contribution is 5.79. The highest BCUT2D eigenvalue weighted by Gasteiger charge is 2.38. The lowest BCUT2D eigenvalue weighted by Crippen LogP contribution is -2.44. The molecule has 3 heteroatoms. The first kappa shape index (κ1) is 15.3. The van der Waals surface area contributed by atoms with Crippen LogP contribution in [0.15, 0.2) is 0 Å². The monoisotopic (exact) mass is 292 g/mol. The molecule has 21 heavy (non-hydrogen) atoms. The number of nitrogens with zero attached hydrogens (tertiary/aromatic N) is 1. The van der Waals surface area contributed by atoms with E-state index in [0.29, 0.717) is 23.8 Å². The van der Waals surface area contributed by atoms with Gasteiger partial charge >= 0.3 is 0 Å². The molecule has 0 spiro atoms. The van der Waals surface area contributed by atoms with E-state index in [1.165, 1.54) is 44.9 Å². The maximum Gasteiger partial charge on any atom is 0.225 e. The smallest absolute Gasteiger partial charge is 0.225 e. The van der Waals surface area contributed by atoms with Crippen molar-refractivity contribution >= 4 is 5.91 Å². The van der Waals surface area contributed by atoms with E-state index in [9.17, 15) is 4.79 Å². The SMILES string of the molecule is NCC1CCC(C(=O)N2CCCC2C2CCCCC2)CC1. The lowest BCUT2D eigenvalue weighted by molar-refractivity contribution is -0.138. The summed E-state index contributed by atoms with van der Waals surface area (Å²) in [5.41, 5.74) is 5.77. The molecule has 1 aliphatic heterocycles. The van der Waals surface area contributed by atoms with E-state index in [4.69, 9.17) is 5.73 Å². The Bertz CT molecular complexity index is 343. The van der Waals surface area contributed by atoms with Gasteiger partial charge < -0.3 is 10.6 Å². The van der Waals surface area contributed by atoms with Crippen LogP contribution in [0, 0.1) is 17.8 Å². The average molecular weight is 292 g/mol.